The lowest BCUT2D eigenvalue weighted by molar-refractivity contribution is -0.126. The summed E-state index contributed by atoms with van der Waals surface area (Å²) in [4.78, 5) is 26.8. The van der Waals surface area contributed by atoms with E-state index in [9.17, 15) is 9.59 Å². The number of carbonyl (C=O) groups excluding carboxylic acids is 2. The third-order valence-corrected chi connectivity index (χ3v) is 6.26. The highest BCUT2D eigenvalue weighted by Crippen LogP contribution is 2.34. The van der Waals surface area contributed by atoms with Crippen molar-refractivity contribution in [2.75, 3.05) is 0 Å². The molecular formula is C22H28N2O3. The number of hydrogen-bond donors (Lipinski definition) is 1. The van der Waals surface area contributed by atoms with Crippen LogP contribution in [0.5, 0.6) is 5.75 Å². The van der Waals surface area contributed by atoms with Gasteiger partial charge in [-0.3, -0.25) is 9.59 Å². The van der Waals surface area contributed by atoms with Crippen LogP contribution in [0, 0.1) is 5.92 Å². The molecule has 2 heterocycles. The fraction of sp³-hybridized carbons (Fsp3) is 0.545. The van der Waals surface area contributed by atoms with Crippen molar-refractivity contribution >= 4 is 11.8 Å². The summed E-state index contributed by atoms with van der Waals surface area (Å²) in [5, 5.41) is 2.78. The maximum absolute atomic E-state index is 12.8. The molecule has 0 aromatic heterocycles. The van der Waals surface area contributed by atoms with Crippen molar-refractivity contribution in [3.63, 3.8) is 0 Å². The Morgan fingerprint density at radius 1 is 1.22 bits per heavy atom. The van der Waals surface area contributed by atoms with Gasteiger partial charge in [0.2, 0.25) is 5.91 Å². The van der Waals surface area contributed by atoms with Crippen molar-refractivity contribution in [1.82, 2.24) is 10.2 Å². The van der Waals surface area contributed by atoms with E-state index in [1.165, 1.54) is 19.3 Å². The Labute approximate surface area is 160 Å². The number of nitrogens with zero attached hydrogens (tertiary/aromatic N) is 1. The first-order chi connectivity index (χ1) is 13.1. The molecule has 5 nitrogen and oxygen atoms in total. The van der Waals surface area contributed by atoms with Gasteiger partial charge in [-0.2, -0.15) is 0 Å². The zero-order valence-electron chi connectivity index (χ0n) is 16.0. The van der Waals surface area contributed by atoms with Crippen LogP contribution in [0.1, 0.15) is 67.8 Å². The molecule has 2 aliphatic heterocycles. The van der Waals surface area contributed by atoms with Crippen LogP contribution in [0.3, 0.4) is 0 Å². The van der Waals surface area contributed by atoms with E-state index in [1.807, 2.05) is 18.2 Å². The molecule has 4 rings (SSSR count). The number of hydrogen-bond acceptors (Lipinski definition) is 3. The Balaban J connectivity index is 1.49. The number of nitrogens with one attached hydrogen (secondary N) is 1. The third kappa shape index (κ3) is 3.47. The average molecular weight is 368 g/mol. The normalized spacial score (nSPS) is 28.1. The summed E-state index contributed by atoms with van der Waals surface area (Å²) in [7, 11) is 0. The molecule has 144 valence electrons. The monoisotopic (exact) mass is 368 g/mol. The van der Waals surface area contributed by atoms with Gasteiger partial charge in [0.15, 0.2) is 0 Å². The van der Waals surface area contributed by atoms with Gasteiger partial charge in [0.25, 0.3) is 5.91 Å². The SMILES string of the molecule is C=C1CCC(N2Cc3cc(O[C@H]4CCCC[C@@H]4CC)ccc3C2=O)C(=O)N1. The minimum absolute atomic E-state index is 0.0617. The van der Waals surface area contributed by atoms with Crippen molar-refractivity contribution in [3.05, 3.63) is 41.6 Å². The van der Waals surface area contributed by atoms with Gasteiger partial charge < -0.3 is 15.0 Å². The molecular weight excluding hydrogens is 340 g/mol. The Kier molecular flexibility index (Phi) is 4.94. The van der Waals surface area contributed by atoms with E-state index >= 15 is 0 Å². The number of carbonyl (C=O) groups is 2. The highest BCUT2D eigenvalue weighted by molar-refractivity contribution is 6.01. The molecule has 1 saturated carbocycles. The second kappa shape index (κ2) is 7.37. The van der Waals surface area contributed by atoms with Crippen molar-refractivity contribution in [3.8, 4) is 5.75 Å². The van der Waals surface area contributed by atoms with Gasteiger partial charge in [-0.25, -0.2) is 0 Å². The molecule has 1 saturated heterocycles. The first kappa shape index (κ1) is 18.1. The van der Waals surface area contributed by atoms with Crippen LogP contribution >= 0.6 is 0 Å². The topological polar surface area (TPSA) is 58.6 Å². The van der Waals surface area contributed by atoms with E-state index in [1.54, 1.807) is 4.90 Å². The van der Waals surface area contributed by atoms with Crippen molar-refractivity contribution in [1.29, 1.82) is 0 Å². The summed E-state index contributed by atoms with van der Waals surface area (Å²) >= 11 is 0. The fourth-order valence-electron chi connectivity index (χ4n) is 4.67. The molecule has 1 aromatic rings. The zero-order valence-corrected chi connectivity index (χ0v) is 16.0. The van der Waals surface area contributed by atoms with Crippen LogP contribution in [0.15, 0.2) is 30.5 Å². The molecule has 0 radical (unpaired) electrons. The lowest BCUT2D eigenvalue weighted by Gasteiger charge is -2.31. The van der Waals surface area contributed by atoms with E-state index in [0.717, 1.165) is 29.9 Å². The molecule has 1 unspecified atom stereocenters. The summed E-state index contributed by atoms with van der Waals surface area (Å²) in [6, 6.07) is 5.34. The first-order valence-corrected chi connectivity index (χ1v) is 10.2. The third-order valence-electron chi connectivity index (χ3n) is 6.26. The van der Waals surface area contributed by atoms with E-state index < -0.39 is 6.04 Å². The smallest absolute Gasteiger partial charge is 0.255 e. The molecule has 27 heavy (non-hydrogen) atoms. The largest absolute Gasteiger partial charge is 0.490 e. The lowest BCUT2D eigenvalue weighted by atomic mass is 9.85. The van der Waals surface area contributed by atoms with E-state index in [0.29, 0.717) is 30.9 Å². The van der Waals surface area contributed by atoms with E-state index in [4.69, 9.17) is 4.74 Å². The Morgan fingerprint density at radius 3 is 2.81 bits per heavy atom. The Morgan fingerprint density at radius 2 is 2.04 bits per heavy atom. The summed E-state index contributed by atoms with van der Waals surface area (Å²) in [5.74, 6) is 1.27. The minimum atomic E-state index is -0.414. The predicted octanol–water partition coefficient (Wildman–Crippen LogP) is 3.78. The zero-order chi connectivity index (χ0) is 19.0. The first-order valence-electron chi connectivity index (χ1n) is 10.2. The highest BCUT2D eigenvalue weighted by atomic mass is 16.5. The van der Waals surface area contributed by atoms with Crippen molar-refractivity contribution in [2.24, 2.45) is 5.92 Å². The number of allylic oxidation sites excluding steroid dienone is 1. The van der Waals surface area contributed by atoms with Crippen LogP contribution in [0.2, 0.25) is 0 Å². The molecule has 3 atom stereocenters. The second-order valence-corrected chi connectivity index (χ2v) is 8.01. The van der Waals surface area contributed by atoms with Crippen LogP contribution < -0.4 is 10.1 Å². The Hall–Kier alpha value is -2.30. The number of fused-ring (bicyclic) bond motifs is 1. The van der Waals surface area contributed by atoms with Crippen molar-refractivity contribution < 1.29 is 14.3 Å². The quantitative estimate of drug-likeness (QED) is 0.880. The van der Waals surface area contributed by atoms with Crippen LogP contribution in [0.25, 0.3) is 0 Å². The number of piperidine rings is 1. The van der Waals surface area contributed by atoms with Gasteiger partial charge in [-0.15, -0.1) is 0 Å². The molecule has 1 aliphatic carbocycles. The van der Waals surface area contributed by atoms with Gasteiger partial charge in [-0.1, -0.05) is 19.9 Å². The van der Waals surface area contributed by atoms with Gasteiger partial charge >= 0.3 is 0 Å². The summed E-state index contributed by atoms with van der Waals surface area (Å²) in [5.41, 5.74) is 2.38. The molecule has 0 spiro atoms. The maximum Gasteiger partial charge on any atom is 0.255 e. The minimum Gasteiger partial charge on any atom is -0.490 e. The number of ether oxygens (including phenoxy) is 1. The molecule has 3 aliphatic rings. The Bertz CT molecular complexity index is 773. The average Bonchev–Trinajstić information content (AvgIpc) is 2.98. The summed E-state index contributed by atoms with van der Waals surface area (Å²) in [6.45, 7) is 6.51. The second-order valence-electron chi connectivity index (χ2n) is 8.01. The van der Waals surface area contributed by atoms with Crippen LogP contribution in [0.4, 0.5) is 0 Å². The van der Waals surface area contributed by atoms with Gasteiger partial charge in [-0.05, 0) is 68.2 Å². The number of amides is 2. The number of rotatable bonds is 4. The lowest BCUT2D eigenvalue weighted by Crippen LogP contribution is -2.49. The van der Waals surface area contributed by atoms with Crippen LogP contribution in [-0.2, 0) is 11.3 Å². The standard InChI is InChI=1S/C22H28N2O3/c1-3-15-6-4-5-7-20(15)27-17-9-10-18-16(12-17)13-24(22(18)26)19-11-8-14(2)23-21(19)25/h9-10,12,15,19-20H,2-8,11,13H2,1H3,(H,23,25)/t15-,19?,20-/m0/s1. The molecule has 2 fully saturated rings. The highest BCUT2D eigenvalue weighted by Gasteiger charge is 2.38. The van der Waals surface area contributed by atoms with Crippen molar-refractivity contribution in [2.45, 2.75) is 70.6 Å². The van der Waals surface area contributed by atoms with Crippen LogP contribution in [-0.4, -0.2) is 28.9 Å². The molecule has 1 aromatic carbocycles. The van der Waals surface area contributed by atoms with Gasteiger partial charge in [0, 0.05) is 17.8 Å². The molecule has 0 bridgehead atoms. The van der Waals surface area contributed by atoms with E-state index in [2.05, 4.69) is 18.8 Å². The van der Waals surface area contributed by atoms with Gasteiger partial charge in [0.1, 0.15) is 17.9 Å². The van der Waals surface area contributed by atoms with Gasteiger partial charge in [0.05, 0.1) is 0 Å². The summed E-state index contributed by atoms with van der Waals surface area (Å²) < 4.78 is 6.31. The number of benzene rings is 1. The maximum atomic E-state index is 12.8. The molecule has 5 heteroatoms. The summed E-state index contributed by atoms with van der Waals surface area (Å²) in [6.07, 6.45) is 7.61. The van der Waals surface area contributed by atoms with E-state index in [-0.39, 0.29) is 17.9 Å². The molecule has 2 amide bonds. The fourth-order valence-corrected chi connectivity index (χ4v) is 4.67. The predicted molar refractivity (Wildman–Crippen MR) is 103 cm³/mol. The molecule has 1 N–H and O–H groups in total.